The zero-order valence-corrected chi connectivity index (χ0v) is 10.1. The van der Waals surface area contributed by atoms with E-state index in [-0.39, 0.29) is 23.3 Å². The van der Waals surface area contributed by atoms with Crippen molar-refractivity contribution in [1.82, 2.24) is 10.2 Å². The smallest absolute Gasteiger partial charge is 0.229 e. The van der Waals surface area contributed by atoms with Gasteiger partial charge in [-0.3, -0.25) is 14.5 Å². The maximum atomic E-state index is 11.5. The zero-order chi connectivity index (χ0) is 11.8. The van der Waals surface area contributed by atoms with Crippen LogP contribution in [0.3, 0.4) is 0 Å². The Morgan fingerprint density at radius 3 is 2.50 bits per heavy atom. The van der Waals surface area contributed by atoms with Crippen molar-refractivity contribution < 1.29 is 9.59 Å². The van der Waals surface area contributed by atoms with Gasteiger partial charge in [0.2, 0.25) is 11.8 Å². The minimum atomic E-state index is -0.00632. The van der Waals surface area contributed by atoms with Gasteiger partial charge in [-0.25, -0.2) is 0 Å². The van der Waals surface area contributed by atoms with Crippen LogP contribution in [0.2, 0.25) is 0 Å². The van der Waals surface area contributed by atoms with Crippen LogP contribution in [-0.2, 0) is 9.59 Å². The first-order valence-corrected chi connectivity index (χ1v) is 6.07. The monoisotopic (exact) mass is 224 g/mol. The fraction of sp³-hybridized carbons (Fsp3) is 0.833. The van der Waals surface area contributed by atoms with E-state index in [1.54, 1.807) is 0 Å². The lowest BCUT2D eigenvalue weighted by molar-refractivity contribution is -0.139. The number of hydrogen-bond acceptors (Lipinski definition) is 3. The van der Waals surface area contributed by atoms with E-state index in [1.807, 2.05) is 0 Å². The molecule has 1 unspecified atom stereocenters. The van der Waals surface area contributed by atoms with E-state index >= 15 is 0 Å². The molecule has 2 fully saturated rings. The second-order valence-corrected chi connectivity index (χ2v) is 5.50. The number of nitrogens with zero attached hydrogens (tertiary/aromatic N) is 1. The summed E-state index contributed by atoms with van der Waals surface area (Å²) >= 11 is 0. The summed E-state index contributed by atoms with van der Waals surface area (Å²) in [6.07, 6.45) is 3.12. The number of amides is 2. The number of rotatable bonds is 2. The quantitative estimate of drug-likeness (QED) is 0.709. The van der Waals surface area contributed by atoms with E-state index in [9.17, 15) is 9.59 Å². The molecule has 0 spiro atoms. The average molecular weight is 224 g/mol. The summed E-state index contributed by atoms with van der Waals surface area (Å²) in [5.41, 5.74) is 0.168. The number of carbonyl (C=O) groups is 2. The summed E-state index contributed by atoms with van der Waals surface area (Å²) in [6.45, 7) is 5.94. The van der Waals surface area contributed by atoms with Crippen molar-refractivity contribution >= 4 is 11.8 Å². The Hall–Kier alpha value is -0.900. The van der Waals surface area contributed by atoms with Crippen molar-refractivity contribution in [3.63, 3.8) is 0 Å². The summed E-state index contributed by atoms with van der Waals surface area (Å²) < 4.78 is 0. The molecule has 2 amide bonds. The molecule has 4 heteroatoms. The number of nitrogens with one attached hydrogen (secondary N) is 1. The Bertz CT molecular complexity index is 296. The minimum absolute atomic E-state index is 0.00632. The van der Waals surface area contributed by atoms with Gasteiger partial charge in [0.15, 0.2) is 0 Å². The van der Waals surface area contributed by atoms with Crippen molar-refractivity contribution in [2.45, 2.75) is 45.6 Å². The average Bonchev–Trinajstić information content (AvgIpc) is 2.52. The van der Waals surface area contributed by atoms with E-state index in [2.05, 4.69) is 19.2 Å². The van der Waals surface area contributed by atoms with Crippen LogP contribution in [0.5, 0.6) is 0 Å². The van der Waals surface area contributed by atoms with Crippen molar-refractivity contribution in [2.75, 3.05) is 13.1 Å². The highest BCUT2D eigenvalue weighted by molar-refractivity contribution is 6.01. The Kier molecular flexibility index (Phi) is 3.02. The molecule has 1 N–H and O–H groups in total. The van der Waals surface area contributed by atoms with Crippen LogP contribution in [0, 0.1) is 5.41 Å². The van der Waals surface area contributed by atoms with Gasteiger partial charge in [0.1, 0.15) is 0 Å². The predicted molar refractivity (Wildman–Crippen MR) is 60.8 cm³/mol. The van der Waals surface area contributed by atoms with Crippen LogP contribution < -0.4 is 5.32 Å². The summed E-state index contributed by atoms with van der Waals surface area (Å²) in [6, 6.07) is 0.243. The highest BCUT2D eigenvalue weighted by Crippen LogP contribution is 2.31. The van der Waals surface area contributed by atoms with Crippen LogP contribution in [0.25, 0.3) is 0 Å². The van der Waals surface area contributed by atoms with Crippen molar-refractivity contribution in [1.29, 1.82) is 0 Å². The molecule has 0 radical (unpaired) electrons. The number of imide groups is 1. The molecule has 0 aliphatic carbocycles. The zero-order valence-electron chi connectivity index (χ0n) is 10.1. The molecule has 0 saturated carbocycles. The van der Waals surface area contributed by atoms with Crippen LogP contribution in [0.15, 0.2) is 0 Å². The molecule has 2 aliphatic rings. The molecule has 0 aromatic heterocycles. The van der Waals surface area contributed by atoms with Crippen LogP contribution in [-0.4, -0.2) is 35.8 Å². The van der Waals surface area contributed by atoms with Gasteiger partial charge >= 0.3 is 0 Å². The fourth-order valence-corrected chi connectivity index (χ4v) is 2.59. The normalized spacial score (nSPS) is 29.9. The van der Waals surface area contributed by atoms with Crippen molar-refractivity contribution in [3.8, 4) is 0 Å². The molecular formula is C12H20N2O2. The van der Waals surface area contributed by atoms with Gasteiger partial charge in [-0.05, 0) is 24.8 Å². The molecule has 4 nitrogen and oxygen atoms in total. The third-order valence-corrected chi connectivity index (χ3v) is 3.85. The first-order chi connectivity index (χ1) is 7.50. The van der Waals surface area contributed by atoms with Crippen LogP contribution in [0.1, 0.15) is 39.5 Å². The molecule has 0 aromatic carbocycles. The highest BCUT2D eigenvalue weighted by Gasteiger charge is 2.37. The van der Waals surface area contributed by atoms with Gasteiger partial charge < -0.3 is 5.32 Å². The molecule has 2 aliphatic heterocycles. The Morgan fingerprint density at radius 2 is 1.94 bits per heavy atom. The van der Waals surface area contributed by atoms with E-state index in [0.29, 0.717) is 19.4 Å². The maximum Gasteiger partial charge on any atom is 0.229 e. The summed E-state index contributed by atoms with van der Waals surface area (Å²) in [5.74, 6) is -0.0126. The van der Waals surface area contributed by atoms with Gasteiger partial charge in [0, 0.05) is 25.4 Å². The number of likely N-dealkylation sites (tertiary alicyclic amines) is 1. The SMILES string of the molecule is CC1(C)CCCNC1CN1C(=O)CCC1=O. The molecular weight excluding hydrogens is 204 g/mol. The molecule has 0 aromatic rings. The Morgan fingerprint density at radius 1 is 1.31 bits per heavy atom. The van der Waals surface area contributed by atoms with Gasteiger partial charge in [0.05, 0.1) is 0 Å². The lowest BCUT2D eigenvalue weighted by Gasteiger charge is -2.40. The van der Waals surface area contributed by atoms with Crippen LogP contribution in [0.4, 0.5) is 0 Å². The van der Waals surface area contributed by atoms with E-state index in [4.69, 9.17) is 0 Å². The Balaban J connectivity index is 2.03. The van der Waals surface area contributed by atoms with Crippen molar-refractivity contribution in [2.24, 2.45) is 5.41 Å². The molecule has 0 bridgehead atoms. The van der Waals surface area contributed by atoms with E-state index < -0.39 is 0 Å². The Labute approximate surface area is 96.4 Å². The summed E-state index contributed by atoms with van der Waals surface area (Å²) in [5, 5.41) is 3.43. The second-order valence-electron chi connectivity index (χ2n) is 5.50. The van der Waals surface area contributed by atoms with Gasteiger partial charge in [-0.15, -0.1) is 0 Å². The molecule has 16 heavy (non-hydrogen) atoms. The molecule has 90 valence electrons. The first-order valence-electron chi connectivity index (χ1n) is 6.07. The molecule has 1 atom stereocenters. The number of carbonyl (C=O) groups excluding carboxylic acids is 2. The second kappa shape index (κ2) is 4.17. The number of hydrogen-bond donors (Lipinski definition) is 1. The molecule has 2 saturated heterocycles. The topological polar surface area (TPSA) is 49.4 Å². The van der Waals surface area contributed by atoms with E-state index in [0.717, 1.165) is 13.0 Å². The van der Waals surface area contributed by atoms with Crippen molar-refractivity contribution in [3.05, 3.63) is 0 Å². The fourth-order valence-electron chi connectivity index (χ4n) is 2.59. The summed E-state index contributed by atoms with van der Waals surface area (Å²) in [4.78, 5) is 24.5. The van der Waals surface area contributed by atoms with Gasteiger partial charge in [0.25, 0.3) is 0 Å². The molecule has 2 heterocycles. The standard InChI is InChI=1S/C12H20N2O2/c1-12(2)6-3-7-13-9(12)8-14-10(15)4-5-11(14)16/h9,13H,3-8H2,1-2H3. The van der Waals surface area contributed by atoms with Gasteiger partial charge in [-0.2, -0.15) is 0 Å². The summed E-state index contributed by atoms with van der Waals surface area (Å²) in [7, 11) is 0. The highest BCUT2D eigenvalue weighted by atomic mass is 16.2. The third kappa shape index (κ3) is 2.12. The third-order valence-electron chi connectivity index (χ3n) is 3.85. The molecule has 2 rings (SSSR count). The maximum absolute atomic E-state index is 11.5. The first kappa shape index (κ1) is 11.6. The van der Waals surface area contributed by atoms with E-state index in [1.165, 1.54) is 11.3 Å². The lowest BCUT2D eigenvalue weighted by Crippen LogP contribution is -2.53. The number of piperidine rings is 1. The van der Waals surface area contributed by atoms with Crippen LogP contribution >= 0.6 is 0 Å². The largest absolute Gasteiger partial charge is 0.312 e. The lowest BCUT2D eigenvalue weighted by atomic mass is 9.77. The minimum Gasteiger partial charge on any atom is -0.312 e. The van der Waals surface area contributed by atoms with Gasteiger partial charge in [-0.1, -0.05) is 13.8 Å². The predicted octanol–water partition coefficient (Wildman–Crippen LogP) is 0.914.